The summed E-state index contributed by atoms with van der Waals surface area (Å²) >= 11 is 0. The van der Waals surface area contributed by atoms with E-state index in [0.29, 0.717) is 23.7 Å². The first kappa shape index (κ1) is 19.8. The van der Waals surface area contributed by atoms with Crippen LogP contribution in [0.2, 0.25) is 0 Å². The van der Waals surface area contributed by atoms with Gasteiger partial charge in [-0.3, -0.25) is 15.3 Å². The van der Waals surface area contributed by atoms with Crippen LogP contribution >= 0.6 is 0 Å². The smallest absolute Gasteiger partial charge is 0.409 e. The molecule has 0 fully saturated rings. The Hall–Kier alpha value is -4.46. The molecular formula is C23H20N6O2. The lowest BCUT2D eigenvalue weighted by Gasteiger charge is -2.25. The van der Waals surface area contributed by atoms with Gasteiger partial charge < -0.3 is 15.3 Å². The second kappa shape index (κ2) is 9.36. The minimum atomic E-state index is -1.13. The van der Waals surface area contributed by atoms with Crippen molar-refractivity contribution in [3.8, 4) is 0 Å². The summed E-state index contributed by atoms with van der Waals surface area (Å²) < 4.78 is 0. The monoisotopic (exact) mass is 412 g/mol. The van der Waals surface area contributed by atoms with Crippen LogP contribution in [0.4, 0.5) is 33.4 Å². The van der Waals surface area contributed by atoms with Gasteiger partial charge in [0.1, 0.15) is 5.82 Å². The number of hydrogen-bond donors (Lipinski definition) is 3. The van der Waals surface area contributed by atoms with Gasteiger partial charge in [-0.15, -0.1) is 0 Å². The molecule has 0 aliphatic heterocycles. The van der Waals surface area contributed by atoms with Crippen molar-refractivity contribution in [2.45, 2.75) is 6.54 Å². The number of rotatable bonds is 7. The van der Waals surface area contributed by atoms with E-state index in [2.05, 4.69) is 30.5 Å². The molecule has 3 N–H and O–H groups in total. The maximum absolute atomic E-state index is 11.1. The Bertz CT molecular complexity index is 1120. The van der Waals surface area contributed by atoms with Gasteiger partial charge in [0.05, 0.1) is 41.7 Å². The summed E-state index contributed by atoms with van der Waals surface area (Å²) in [5.74, 6) is 0.625. The van der Waals surface area contributed by atoms with E-state index in [1.165, 1.54) is 0 Å². The summed E-state index contributed by atoms with van der Waals surface area (Å²) in [5, 5.41) is 14.8. The SMILES string of the molecule is O=C(O)Nc1ccccc1Nc1ncccc1CN(c1cccnc1)c1cccnc1. The van der Waals surface area contributed by atoms with Crippen molar-refractivity contribution in [1.29, 1.82) is 0 Å². The highest BCUT2D eigenvalue weighted by atomic mass is 16.4. The lowest BCUT2D eigenvalue weighted by Crippen LogP contribution is -2.18. The zero-order valence-corrected chi connectivity index (χ0v) is 16.5. The van der Waals surface area contributed by atoms with Crippen LogP contribution in [-0.2, 0) is 6.54 Å². The summed E-state index contributed by atoms with van der Waals surface area (Å²) in [6.45, 7) is 0.502. The lowest BCUT2D eigenvalue weighted by atomic mass is 10.2. The number of amides is 1. The van der Waals surface area contributed by atoms with E-state index in [4.69, 9.17) is 5.11 Å². The first-order valence-corrected chi connectivity index (χ1v) is 9.58. The van der Waals surface area contributed by atoms with E-state index in [9.17, 15) is 4.79 Å². The van der Waals surface area contributed by atoms with Crippen LogP contribution in [0.5, 0.6) is 0 Å². The Labute approximate surface area is 179 Å². The van der Waals surface area contributed by atoms with Crippen LogP contribution in [0.25, 0.3) is 0 Å². The summed E-state index contributed by atoms with van der Waals surface area (Å²) in [6.07, 6.45) is 7.61. The van der Waals surface area contributed by atoms with Gasteiger partial charge in [-0.05, 0) is 42.5 Å². The van der Waals surface area contributed by atoms with Gasteiger partial charge in [0.15, 0.2) is 0 Å². The van der Waals surface area contributed by atoms with Gasteiger partial charge >= 0.3 is 6.09 Å². The number of carboxylic acid groups (broad SMARTS) is 1. The van der Waals surface area contributed by atoms with Crippen LogP contribution in [0, 0.1) is 0 Å². The van der Waals surface area contributed by atoms with Crippen molar-refractivity contribution >= 4 is 34.7 Å². The normalized spacial score (nSPS) is 10.3. The molecule has 1 aromatic carbocycles. The van der Waals surface area contributed by atoms with Crippen molar-refractivity contribution in [1.82, 2.24) is 15.0 Å². The van der Waals surface area contributed by atoms with Crippen molar-refractivity contribution in [2.75, 3.05) is 15.5 Å². The number of nitrogens with zero attached hydrogens (tertiary/aromatic N) is 4. The molecular weight excluding hydrogens is 392 g/mol. The van der Waals surface area contributed by atoms with Crippen molar-refractivity contribution < 1.29 is 9.90 Å². The molecule has 8 nitrogen and oxygen atoms in total. The van der Waals surface area contributed by atoms with E-state index in [0.717, 1.165) is 16.9 Å². The standard InChI is InChI=1S/C23H20N6O2/c30-23(31)28-21-10-2-1-9-20(21)27-22-17(6-3-13-26-22)16-29(18-7-4-11-24-14-18)19-8-5-12-25-15-19/h1-15,28H,16H2,(H,26,27)(H,30,31). The van der Waals surface area contributed by atoms with E-state index in [1.54, 1.807) is 49.2 Å². The summed E-state index contributed by atoms with van der Waals surface area (Å²) in [6, 6.07) is 18.7. The fourth-order valence-electron chi connectivity index (χ4n) is 3.15. The van der Waals surface area contributed by atoms with Crippen LogP contribution in [-0.4, -0.2) is 26.2 Å². The summed E-state index contributed by atoms with van der Waals surface area (Å²) in [5.41, 5.74) is 3.80. The maximum Gasteiger partial charge on any atom is 0.409 e. The molecule has 0 saturated carbocycles. The molecule has 4 rings (SSSR count). The quantitative estimate of drug-likeness (QED) is 0.390. The molecule has 0 unspecified atom stereocenters. The third kappa shape index (κ3) is 4.94. The average Bonchev–Trinajstić information content (AvgIpc) is 2.80. The third-order valence-corrected chi connectivity index (χ3v) is 4.56. The number of aromatic nitrogens is 3. The third-order valence-electron chi connectivity index (χ3n) is 4.56. The number of nitrogens with one attached hydrogen (secondary N) is 2. The number of para-hydroxylation sites is 2. The molecule has 0 aliphatic rings. The van der Waals surface area contributed by atoms with Crippen molar-refractivity contribution in [2.24, 2.45) is 0 Å². The zero-order chi connectivity index (χ0) is 21.5. The molecule has 31 heavy (non-hydrogen) atoms. The van der Waals surface area contributed by atoms with Gasteiger partial charge in [0, 0.05) is 24.2 Å². The fourth-order valence-corrected chi connectivity index (χ4v) is 3.15. The molecule has 4 aromatic rings. The second-order valence-electron chi connectivity index (χ2n) is 6.62. The molecule has 0 aliphatic carbocycles. The number of hydrogen-bond acceptors (Lipinski definition) is 6. The molecule has 1 amide bonds. The Morgan fingerprint density at radius 3 is 2.10 bits per heavy atom. The maximum atomic E-state index is 11.1. The lowest BCUT2D eigenvalue weighted by molar-refractivity contribution is 0.210. The van der Waals surface area contributed by atoms with Gasteiger partial charge in [-0.1, -0.05) is 18.2 Å². The number of carbonyl (C=O) groups is 1. The Morgan fingerprint density at radius 2 is 1.48 bits per heavy atom. The highest BCUT2D eigenvalue weighted by Gasteiger charge is 2.15. The largest absolute Gasteiger partial charge is 0.465 e. The Balaban J connectivity index is 1.67. The minimum Gasteiger partial charge on any atom is -0.465 e. The van der Waals surface area contributed by atoms with Crippen LogP contribution in [0.3, 0.4) is 0 Å². The van der Waals surface area contributed by atoms with Crippen LogP contribution < -0.4 is 15.5 Å². The molecule has 3 aromatic heterocycles. The first-order chi connectivity index (χ1) is 15.2. The second-order valence-corrected chi connectivity index (χ2v) is 6.62. The zero-order valence-electron chi connectivity index (χ0n) is 16.5. The first-order valence-electron chi connectivity index (χ1n) is 9.58. The molecule has 154 valence electrons. The highest BCUT2D eigenvalue weighted by molar-refractivity contribution is 5.89. The molecule has 0 spiro atoms. The van der Waals surface area contributed by atoms with E-state index in [1.807, 2.05) is 42.5 Å². The predicted octanol–water partition coefficient (Wildman–Crippen LogP) is 5.04. The highest BCUT2D eigenvalue weighted by Crippen LogP contribution is 2.30. The van der Waals surface area contributed by atoms with Crippen molar-refractivity contribution in [3.63, 3.8) is 0 Å². The van der Waals surface area contributed by atoms with E-state index >= 15 is 0 Å². The molecule has 0 radical (unpaired) electrons. The van der Waals surface area contributed by atoms with E-state index < -0.39 is 6.09 Å². The topological polar surface area (TPSA) is 103 Å². The van der Waals surface area contributed by atoms with Gasteiger partial charge in [-0.25, -0.2) is 9.78 Å². The van der Waals surface area contributed by atoms with Crippen LogP contribution in [0.15, 0.2) is 91.6 Å². The van der Waals surface area contributed by atoms with Crippen molar-refractivity contribution in [3.05, 3.63) is 97.2 Å². The van der Waals surface area contributed by atoms with E-state index in [-0.39, 0.29) is 0 Å². The summed E-state index contributed by atoms with van der Waals surface area (Å²) in [7, 11) is 0. The molecule has 0 atom stereocenters. The number of benzene rings is 1. The van der Waals surface area contributed by atoms with Gasteiger partial charge in [-0.2, -0.15) is 0 Å². The molecule has 0 bridgehead atoms. The van der Waals surface area contributed by atoms with Gasteiger partial charge in [0.25, 0.3) is 0 Å². The minimum absolute atomic E-state index is 0.447. The van der Waals surface area contributed by atoms with Gasteiger partial charge in [0.2, 0.25) is 0 Å². The number of pyridine rings is 3. The number of anilines is 5. The molecule has 8 heteroatoms. The average molecular weight is 412 g/mol. The summed E-state index contributed by atoms with van der Waals surface area (Å²) in [4.78, 5) is 26.2. The Morgan fingerprint density at radius 1 is 0.839 bits per heavy atom. The van der Waals surface area contributed by atoms with Crippen LogP contribution in [0.1, 0.15) is 5.56 Å². The molecule has 3 heterocycles. The fraction of sp³-hybridized carbons (Fsp3) is 0.0435. The predicted molar refractivity (Wildman–Crippen MR) is 120 cm³/mol. The Kier molecular flexibility index (Phi) is 5.99. The molecule has 0 saturated heterocycles.